The second kappa shape index (κ2) is 6.25. The van der Waals surface area contributed by atoms with Gasteiger partial charge in [0, 0.05) is 5.38 Å². The molecule has 1 heterocycles. The Bertz CT molecular complexity index is 499. The van der Waals surface area contributed by atoms with Crippen LogP contribution in [0.3, 0.4) is 0 Å². The molecule has 0 saturated heterocycles. The smallest absolute Gasteiger partial charge is 0.326 e. The first-order valence-electron chi connectivity index (χ1n) is 5.27. The van der Waals surface area contributed by atoms with Crippen molar-refractivity contribution < 1.29 is 24.6 Å². The van der Waals surface area contributed by atoms with E-state index in [-0.39, 0.29) is 11.7 Å². The molecule has 104 valence electrons. The van der Waals surface area contributed by atoms with Crippen molar-refractivity contribution in [1.29, 1.82) is 0 Å². The number of amides is 1. The van der Waals surface area contributed by atoms with Gasteiger partial charge in [0.15, 0.2) is 0 Å². The van der Waals surface area contributed by atoms with E-state index in [1.807, 2.05) is 0 Å². The maximum atomic E-state index is 11.7. The zero-order chi connectivity index (χ0) is 14.6. The fraction of sp³-hybridized carbons (Fsp3) is 0.400. The summed E-state index contributed by atoms with van der Waals surface area (Å²) in [6, 6.07) is -1.83. The molecule has 0 aliphatic heterocycles. The summed E-state index contributed by atoms with van der Waals surface area (Å²) >= 11 is 1.17. The SMILES string of the molecule is CC(N)c1nc(C(=O)NC(CC(=O)O)C(=O)O)cs1. The summed E-state index contributed by atoms with van der Waals surface area (Å²) in [5, 5.41) is 21.4. The summed E-state index contributed by atoms with van der Waals surface area (Å²) in [5.41, 5.74) is 5.61. The van der Waals surface area contributed by atoms with Crippen LogP contribution in [0, 0.1) is 0 Å². The molecule has 0 radical (unpaired) electrons. The predicted octanol–water partition coefficient (Wildman–Crippen LogP) is -0.179. The van der Waals surface area contributed by atoms with Gasteiger partial charge in [-0.25, -0.2) is 9.78 Å². The lowest BCUT2D eigenvalue weighted by Gasteiger charge is -2.10. The Hall–Kier alpha value is -2.00. The molecule has 1 rings (SSSR count). The maximum absolute atomic E-state index is 11.7. The van der Waals surface area contributed by atoms with Gasteiger partial charge in [0.2, 0.25) is 0 Å². The van der Waals surface area contributed by atoms with Crippen molar-refractivity contribution in [3.8, 4) is 0 Å². The summed E-state index contributed by atoms with van der Waals surface area (Å²) in [4.78, 5) is 36.9. The van der Waals surface area contributed by atoms with Crippen LogP contribution in [-0.4, -0.2) is 39.1 Å². The zero-order valence-electron chi connectivity index (χ0n) is 9.99. The van der Waals surface area contributed by atoms with Crippen LogP contribution in [0.1, 0.15) is 34.9 Å². The number of rotatable bonds is 6. The lowest BCUT2D eigenvalue weighted by atomic mass is 10.2. The highest BCUT2D eigenvalue weighted by molar-refractivity contribution is 7.09. The van der Waals surface area contributed by atoms with Crippen molar-refractivity contribution in [1.82, 2.24) is 10.3 Å². The highest BCUT2D eigenvalue weighted by Gasteiger charge is 2.24. The van der Waals surface area contributed by atoms with E-state index in [0.29, 0.717) is 5.01 Å². The van der Waals surface area contributed by atoms with Crippen LogP contribution < -0.4 is 11.1 Å². The first-order chi connectivity index (χ1) is 8.81. The van der Waals surface area contributed by atoms with E-state index in [0.717, 1.165) is 0 Å². The Morgan fingerprint density at radius 1 is 1.47 bits per heavy atom. The predicted molar refractivity (Wildman–Crippen MR) is 65.9 cm³/mol. The van der Waals surface area contributed by atoms with Gasteiger partial charge in [0.1, 0.15) is 16.7 Å². The summed E-state index contributed by atoms with van der Waals surface area (Å²) in [6.07, 6.45) is -0.703. The lowest BCUT2D eigenvalue weighted by molar-refractivity contribution is -0.145. The fourth-order valence-electron chi connectivity index (χ4n) is 1.21. The molecule has 1 aromatic heterocycles. The van der Waals surface area contributed by atoms with E-state index in [1.165, 1.54) is 16.7 Å². The normalized spacial score (nSPS) is 13.6. The molecule has 0 aliphatic carbocycles. The quantitative estimate of drug-likeness (QED) is 0.568. The van der Waals surface area contributed by atoms with Crippen molar-refractivity contribution in [3.05, 3.63) is 16.1 Å². The second-order valence-corrected chi connectivity index (χ2v) is 4.71. The van der Waals surface area contributed by atoms with E-state index in [2.05, 4.69) is 10.3 Å². The molecule has 0 aromatic carbocycles. The molecule has 5 N–H and O–H groups in total. The average Bonchev–Trinajstić information content (AvgIpc) is 2.76. The summed E-state index contributed by atoms with van der Waals surface area (Å²) < 4.78 is 0. The minimum Gasteiger partial charge on any atom is -0.481 e. The summed E-state index contributed by atoms with van der Waals surface area (Å²) in [5.74, 6) is -3.47. The van der Waals surface area contributed by atoms with Crippen LogP contribution in [-0.2, 0) is 9.59 Å². The Balaban J connectivity index is 2.75. The minimum atomic E-state index is -1.49. The summed E-state index contributed by atoms with van der Waals surface area (Å²) in [7, 11) is 0. The molecule has 1 amide bonds. The van der Waals surface area contributed by atoms with E-state index in [9.17, 15) is 14.4 Å². The van der Waals surface area contributed by atoms with Crippen molar-refractivity contribution in [2.75, 3.05) is 0 Å². The largest absolute Gasteiger partial charge is 0.481 e. The number of nitrogens with one attached hydrogen (secondary N) is 1. The molecule has 19 heavy (non-hydrogen) atoms. The molecule has 1 aromatic rings. The number of hydrogen-bond acceptors (Lipinski definition) is 6. The van der Waals surface area contributed by atoms with E-state index in [4.69, 9.17) is 15.9 Å². The average molecular weight is 287 g/mol. The van der Waals surface area contributed by atoms with Crippen molar-refractivity contribution in [3.63, 3.8) is 0 Å². The van der Waals surface area contributed by atoms with Gasteiger partial charge in [0.05, 0.1) is 12.5 Å². The third-order valence-corrected chi connectivity index (χ3v) is 3.17. The van der Waals surface area contributed by atoms with Gasteiger partial charge in [-0.05, 0) is 6.92 Å². The molecule has 9 heteroatoms. The number of thiazole rings is 1. The summed E-state index contributed by atoms with van der Waals surface area (Å²) in [6.45, 7) is 1.70. The fourth-order valence-corrected chi connectivity index (χ4v) is 1.97. The molecule has 8 nitrogen and oxygen atoms in total. The van der Waals surface area contributed by atoms with Gasteiger partial charge >= 0.3 is 11.9 Å². The first kappa shape index (κ1) is 15.1. The van der Waals surface area contributed by atoms with Crippen LogP contribution in [0.15, 0.2) is 5.38 Å². The molecular formula is C10H13N3O5S. The minimum absolute atomic E-state index is 0.0222. The highest BCUT2D eigenvalue weighted by atomic mass is 32.1. The molecule has 0 bridgehead atoms. The van der Waals surface area contributed by atoms with Gasteiger partial charge in [-0.3, -0.25) is 9.59 Å². The van der Waals surface area contributed by atoms with Crippen LogP contribution in [0.4, 0.5) is 0 Å². The topological polar surface area (TPSA) is 143 Å². The molecule has 0 saturated carbocycles. The van der Waals surface area contributed by atoms with Crippen LogP contribution in [0.5, 0.6) is 0 Å². The maximum Gasteiger partial charge on any atom is 0.326 e. The number of nitrogens with two attached hydrogens (primary N) is 1. The van der Waals surface area contributed by atoms with Gasteiger partial charge in [-0.1, -0.05) is 0 Å². The molecule has 0 fully saturated rings. The number of hydrogen-bond donors (Lipinski definition) is 4. The van der Waals surface area contributed by atoms with E-state index < -0.39 is 30.3 Å². The Kier molecular flexibility index (Phi) is 4.95. The zero-order valence-corrected chi connectivity index (χ0v) is 10.8. The van der Waals surface area contributed by atoms with Crippen LogP contribution in [0.2, 0.25) is 0 Å². The van der Waals surface area contributed by atoms with Crippen LogP contribution in [0.25, 0.3) is 0 Å². The van der Waals surface area contributed by atoms with E-state index >= 15 is 0 Å². The molecular weight excluding hydrogens is 274 g/mol. The van der Waals surface area contributed by atoms with Crippen molar-refractivity contribution in [2.24, 2.45) is 5.73 Å². The number of nitrogens with zero attached hydrogens (tertiary/aromatic N) is 1. The molecule has 0 aliphatic rings. The lowest BCUT2D eigenvalue weighted by Crippen LogP contribution is -2.42. The molecule has 2 unspecified atom stereocenters. The van der Waals surface area contributed by atoms with Gasteiger partial charge in [-0.2, -0.15) is 0 Å². The number of carbonyl (C=O) groups is 3. The van der Waals surface area contributed by atoms with Gasteiger partial charge < -0.3 is 21.3 Å². The standard InChI is InChI=1S/C10H13N3O5S/c1-4(11)9-13-6(3-19-9)8(16)12-5(10(17)18)2-7(14)15/h3-5H,2,11H2,1H3,(H,12,16)(H,14,15)(H,17,18). The second-order valence-electron chi connectivity index (χ2n) is 3.82. The third kappa shape index (κ3) is 4.30. The highest BCUT2D eigenvalue weighted by Crippen LogP contribution is 2.15. The van der Waals surface area contributed by atoms with Gasteiger partial charge in [0.25, 0.3) is 5.91 Å². The third-order valence-electron chi connectivity index (χ3n) is 2.13. The van der Waals surface area contributed by atoms with Crippen LogP contribution >= 0.6 is 11.3 Å². The number of aliphatic carboxylic acids is 2. The first-order valence-corrected chi connectivity index (χ1v) is 6.15. The van der Waals surface area contributed by atoms with Crippen molar-refractivity contribution in [2.45, 2.75) is 25.4 Å². The number of carbonyl (C=O) groups excluding carboxylic acids is 1. The number of carboxylic acids is 2. The van der Waals surface area contributed by atoms with E-state index in [1.54, 1.807) is 6.92 Å². The van der Waals surface area contributed by atoms with Crippen molar-refractivity contribution >= 4 is 29.2 Å². The number of aromatic nitrogens is 1. The molecule has 2 atom stereocenters. The monoisotopic (exact) mass is 287 g/mol. The Labute approximate surface area is 112 Å². The Morgan fingerprint density at radius 2 is 2.11 bits per heavy atom. The molecule has 0 spiro atoms. The number of carboxylic acid groups (broad SMARTS) is 2. The van der Waals surface area contributed by atoms with Gasteiger partial charge in [-0.15, -0.1) is 11.3 Å². The Morgan fingerprint density at radius 3 is 2.53 bits per heavy atom.